The highest BCUT2D eigenvalue weighted by Gasteiger charge is 2.30. The molecule has 3 aliphatic rings. The number of fused-ring (bicyclic) bond motifs is 1. The van der Waals surface area contributed by atoms with E-state index in [1.807, 2.05) is 0 Å². The highest BCUT2D eigenvalue weighted by molar-refractivity contribution is 4.87. The Bertz CT molecular complexity index is 281. The molecule has 110 valence electrons. The first-order chi connectivity index (χ1) is 9.33. The van der Waals surface area contributed by atoms with Crippen molar-refractivity contribution in [2.45, 2.75) is 57.5 Å². The number of hydrogen-bond donors (Lipinski definition) is 1. The normalized spacial score (nSPS) is 37.4. The summed E-state index contributed by atoms with van der Waals surface area (Å²) in [6.45, 7) is 10.2. The third kappa shape index (κ3) is 3.50. The Labute approximate surface area is 118 Å². The van der Waals surface area contributed by atoms with Crippen LogP contribution < -0.4 is 5.32 Å². The van der Waals surface area contributed by atoms with Gasteiger partial charge in [-0.15, -0.1) is 0 Å². The Hall–Kier alpha value is -0.120. The number of nitrogens with zero attached hydrogens (tertiary/aromatic N) is 2. The maximum Gasteiger partial charge on any atom is 0.0224 e. The van der Waals surface area contributed by atoms with Gasteiger partial charge in [-0.1, -0.05) is 19.8 Å². The Balaban J connectivity index is 1.36. The van der Waals surface area contributed by atoms with Gasteiger partial charge in [-0.3, -0.25) is 9.80 Å². The Morgan fingerprint density at radius 2 is 1.89 bits per heavy atom. The summed E-state index contributed by atoms with van der Waals surface area (Å²) in [5.74, 6) is 0.889. The number of hydrogen-bond acceptors (Lipinski definition) is 3. The molecule has 3 unspecified atom stereocenters. The molecule has 3 fully saturated rings. The molecule has 0 spiro atoms. The molecule has 0 radical (unpaired) electrons. The summed E-state index contributed by atoms with van der Waals surface area (Å²) in [4.78, 5) is 5.39. The predicted octanol–water partition coefficient (Wildman–Crippen LogP) is 1.93. The SMILES string of the molecule is CC1CCCCC1NCCN1CCN2CCCC2C1. The van der Waals surface area contributed by atoms with E-state index in [2.05, 4.69) is 22.0 Å². The zero-order chi connectivity index (χ0) is 13.1. The van der Waals surface area contributed by atoms with E-state index < -0.39 is 0 Å². The summed E-state index contributed by atoms with van der Waals surface area (Å²) in [6.07, 6.45) is 8.57. The number of nitrogens with one attached hydrogen (secondary N) is 1. The van der Waals surface area contributed by atoms with Crippen molar-refractivity contribution in [1.82, 2.24) is 15.1 Å². The first kappa shape index (κ1) is 13.8. The van der Waals surface area contributed by atoms with Crippen LogP contribution in [0.5, 0.6) is 0 Å². The first-order valence-electron chi connectivity index (χ1n) is 8.53. The van der Waals surface area contributed by atoms with Crippen LogP contribution in [0.3, 0.4) is 0 Å². The molecule has 2 heterocycles. The molecule has 3 heteroatoms. The van der Waals surface area contributed by atoms with Crippen molar-refractivity contribution in [1.29, 1.82) is 0 Å². The summed E-state index contributed by atoms with van der Waals surface area (Å²) >= 11 is 0. The van der Waals surface area contributed by atoms with Crippen LogP contribution in [-0.4, -0.2) is 61.2 Å². The largest absolute Gasteiger partial charge is 0.312 e. The maximum atomic E-state index is 3.82. The molecule has 1 N–H and O–H groups in total. The van der Waals surface area contributed by atoms with Crippen LogP contribution in [0, 0.1) is 5.92 Å². The average Bonchev–Trinajstić information content (AvgIpc) is 2.88. The molecule has 0 amide bonds. The average molecular weight is 265 g/mol. The lowest BCUT2D eigenvalue weighted by Gasteiger charge is -2.38. The topological polar surface area (TPSA) is 18.5 Å². The second-order valence-electron chi connectivity index (χ2n) is 6.95. The van der Waals surface area contributed by atoms with E-state index in [-0.39, 0.29) is 0 Å². The minimum absolute atomic E-state index is 0.793. The zero-order valence-corrected chi connectivity index (χ0v) is 12.6. The molecule has 0 aromatic heterocycles. The van der Waals surface area contributed by atoms with Crippen molar-refractivity contribution in [3.8, 4) is 0 Å². The van der Waals surface area contributed by atoms with E-state index in [1.54, 1.807) is 0 Å². The van der Waals surface area contributed by atoms with Crippen LogP contribution in [0.15, 0.2) is 0 Å². The van der Waals surface area contributed by atoms with E-state index in [4.69, 9.17) is 0 Å². The van der Waals surface area contributed by atoms with Crippen LogP contribution >= 0.6 is 0 Å². The van der Waals surface area contributed by atoms with Gasteiger partial charge in [0.2, 0.25) is 0 Å². The van der Waals surface area contributed by atoms with Crippen molar-refractivity contribution in [2.75, 3.05) is 39.3 Å². The summed E-state index contributed by atoms with van der Waals surface area (Å²) in [6, 6.07) is 1.67. The third-order valence-corrected chi connectivity index (χ3v) is 5.62. The van der Waals surface area contributed by atoms with Gasteiger partial charge >= 0.3 is 0 Å². The van der Waals surface area contributed by atoms with Crippen molar-refractivity contribution in [3.05, 3.63) is 0 Å². The Morgan fingerprint density at radius 1 is 1.00 bits per heavy atom. The highest BCUT2D eigenvalue weighted by atomic mass is 15.3. The lowest BCUT2D eigenvalue weighted by Crippen LogP contribution is -2.52. The summed E-state index contributed by atoms with van der Waals surface area (Å²) in [5, 5.41) is 3.82. The minimum Gasteiger partial charge on any atom is -0.312 e. The monoisotopic (exact) mass is 265 g/mol. The molecule has 1 aliphatic carbocycles. The molecule has 0 aromatic carbocycles. The van der Waals surface area contributed by atoms with Gasteiger partial charge in [0, 0.05) is 44.8 Å². The molecule has 3 nitrogen and oxygen atoms in total. The highest BCUT2D eigenvalue weighted by Crippen LogP contribution is 2.24. The van der Waals surface area contributed by atoms with Crippen LogP contribution in [0.4, 0.5) is 0 Å². The molecular weight excluding hydrogens is 234 g/mol. The second kappa shape index (κ2) is 6.55. The fourth-order valence-electron chi connectivity index (χ4n) is 4.29. The first-order valence-corrected chi connectivity index (χ1v) is 8.53. The molecule has 2 aliphatic heterocycles. The Kier molecular flexibility index (Phi) is 4.78. The lowest BCUT2D eigenvalue weighted by atomic mass is 9.86. The van der Waals surface area contributed by atoms with Gasteiger partial charge in [0.15, 0.2) is 0 Å². The molecule has 3 rings (SSSR count). The predicted molar refractivity (Wildman–Crippen MR) is 80.5 cm³/mol. The summed E-state index contributed by atoms with van der Waals surface area (Å²) in [7, 11) is 0. The van der Waals surface area contributed by atoms with Gasteiger partial charge in [-0.25, -0.2) is 0 Å². The number of rotatable bonds is 4. The molecule has 3 atom stereocenters. The van der Waals surface area contributed by atoms with Gasteiger partial charge in [-0.05, 0) is 38.1 Å². The van der Waals surface area contributed by atoms with Crippen molar-refractivity contribution in [3.63, 3.8) is 0 Å². The molecular formula is C16H31N3. The van der Waals surface area contributed by atoms with Crippen LogP contribution in [0.25, 0.3) is 0 Å². The number of piperazine rings is 1. The molecule has 19 heavy (non-hydrogen) atoms. The van der Waals surface area contributed by atoms with E-state index in [0.29, 0.717) is 0 Å². The van der Waals surface area contributed by atoms with Gasteiger partial charge in [0.25, 0.3) is 0 Å². The van der Waals surface area contributed by atoms with Crippen molar-refractivity contribution in [2.24, 2.45) is 5.92 Å². The molecule has 0 aromatic rings. The standard InChI is InChI=1S/C16H31N3/c1-14-5-2-3-7-16(14)17-8-10-18-11-12-19-9-4-6-15(19)13-18/h14-17H,2-13H2,1H3. The minimum atomic E-state index is 0.793. The van der Waals surface area contributed by atoms with Gasteiger partial charge in [0.1, 0.15) is 0 Å². The van der Waals surface area contributed by atoms with E-state index in [9.17, 15) is 0 Å². The van der Waals surface area contributed by atoms with Gasteiger partial charge in [0.05, 0.1) is 0 Å². The zero-order valence-electron chi connectivity index (χ0n) is 12.6. The summed E-state index contributed by atoms with van der Waals surface area (Å²) < 4.78 is 0. The molecule has 1 saturated carbocycles. The van der Waals surface area contributed by atoms with Crippen LogP contribution in [0.1, 0.15) is 45.4 Å². The molecule has 0 bridgehead atoms. The fourth-order valence-corrected chi connectivity index (χ4v) is 4.29. The smallest absolute Gasteiger partial charge is 0.0224 e. The van der Waals surface area contributed by atoms with Crippen LogP contribution in [-0.2, 0) is 0 Å². The summed E-state index contributed by atoms with van der Waals surface area (Å²) in [5.41, 5.74) is 0. The lowest BCUT2D eigenvalue weighted by molar-refractivity contribution is 0.103. The maximum absolute atomic E-state index is 3.82. The van der Waals surface area contributed by atoms with E-state index in [1.165, 1.54) is 77.8 Å². The third-order valence-electron chi connectivity index (χ3n) is 5.62. The van der Waals surface area contributed by atoms with Crippen LogP contribution in [0.2, 0.25) is 0 Å². The van der Waals surface area contributed by atoms with Crippen molar-refractivity contribution < 1.29 is 0 Å². The van der Waals surface area contributed by atoms with E-state index in [0.717, 1.165) is 18.0 Å². The second-order valence-corrected chi connectivity index (χ2v) is 6.95. The quantitative estimate of drug-likeness (QED) is 0.838. The van der Waals surface area contributed by atoms with Crippen molar-refractivity contribution >= 4 is 0 Å². The van der Waals surface area contributed by atoms with E-state index >= 15 is 0 Å². The molecule has 2 saturated heterocycles. The van der Waals surface area contributed by atoms with Gasteiger partial charge < -0.3 is 5.32 Å². The van der Waals surface area contributed by atoms with Gasteiger partial charge in [-0.2, -0.15) is 0 Å². The Morgan fingerprint density at radius 3 is 2.79 bits per heavy atom. The fraction of sp³-hybridized carbons (Fsp3) is 1.00.